The first-order valence-electron chi connectivity index (χ1n) is 6.00. The number of methoxy groups -OCH3 is 1. The van der Waals surface area contributed by atoms with Gasteiger partial charge in [-0.15, -0.1) is 0 Å². The average molecular weight is 318 g/mol. The highest BCUT2D eigenvalue weighted by molar-refractivity contribution is 6.37. The van der Waals surface area contributed by atoms with Crippen molar-refractivity contribution in [2.45, 2.75) is 12.8 Å². The molecule has 1 amide bonds. The highest BCUT2D eigenvalue weighted by Crippen LogP contribution is 2.38. The number of hydrogen-bond donors (Lipinski definition) is 2. The monoisotopic (exact) mass is 317 g/mol. The number of ether oxygens (including phenoxy) is 1. The van der Waals surface area contributed by atoms with E-state index in [-0.39, 0.29) is 16.0 Å². The first kappa shape index (κ1) is 14.9. The normalized spacial score (nSPS) is 20.9. The van der Waals surface area contributed by atoms with Crippen LogP contribution in [0.2, 0.25) is 10.0 Å². The number of nitrogens with one attached hydrogen (secondary N) is 1. The molecule has 7 heteroatoms. The zero-order valence-corrected chi connectivity index (χ0v) is 12.2. The molecule has 0 saturated heterocycles. The minimum absolute atomic E-state index is 0.277. The number of carboxylic acids is 1. The van der Waals surface area contributed by atoms with Gasteiger partial charge in [-0.1, -0.05) is 23.2 Å². The lowest BCUT2D eigenvalue weighted by molar-refractivity contribution is -0.151. The second-order valence-corrected chi connectivity index (χ2v) is 5.41. The number of rotatable bonds is 4. The molecule has 0 spiro atoms. The third-order valence-corrected chi connectivity index (χ3v) is 3.96. The average Bonchev–Trinajstić information content (AvgIpc) is 2.25. The molecule has 1 aliphatic carbocycles. The Kier molecular flexibility index (Phi) is 4.40. The van der Waals surface area contributed by atoms with Gasteiger partial charge in [0, 0.05) is 5.69 Å². The van der Waals surface area contributed by atoms with Gasteiger partial charge in [0.05, 0.1) is 29.0 Å². The van der Waals surface area contributed by atoms with E-state index >= 15 is 0 Å². The van der Waals surface area contributed by atoms with Crippen LogP contribution in [0.4, 0.5) is 5.69 Å². The minimum Gasteiger partial charge on any atom is -0.494 e. The Morgan fingerprint density at radius 2 is 1.80 bits per heavy atom. The molecular weight excluding hydrogens is 305 g/mol. The van der Waals surface area contributed by atoms with Crippen molar-refractivity contribution in [3.8, 4) is 5.75 Å². The van der Waals surface area contributed by atoms with Crippen LogP contribution < -0.4 is 10.1 Å². The Labute approximate surface area is 125 Å². The van der Waals surface area contributed by atoms with Gasteiger partial charge in [-0.2, -0.15) is 0 Å². The number of hydrogen-bond acceptors (Lipinski definition) is 3. The zero-order chi connectivity index (χ0) is 14.9. The lowest BCUT2D eigenvalue weighted by atomic mass is 9.73. The molecule has 0 aliphatic heterocycles. The smallest absolute Gasteiger partial charge is 0.307 e. The van der Waals surface area contributed by atoms with Crippen LogP contribution in [-0.2, 0) is 9.59 Å². The maximum Gasteiger partial charge on any atom is 0.307 e. The van der Waals surface area contributed by atoms with Gasteiger partial charge < -0.3 is 15.2 Å². The Hall–Kier alpha value is -1.46. The second-order valence-electron chi connectivity index (χ2n) is 4.59. The van der Waals surface area contributed by atoms with E-state index in [0.29, 0.717) is 24.3 Å². The van der Waals surface area contributed by atoms with Crippen molar-refractivity contribution >= 4 is 40.8 Å². The number of carboxylic acid groups (broad SMARTS) is 1. The van der Waals surface area contributed by atoms with Crippen LogP contribution in [0.15, 0.2) is 12.1 Å². The highest BCUT2D eigenvalue weighted by Gasteiger charge is 2.41. The zero-order valence-electron chi connectivity index (χ0n) is 10.7. The topological polar surface area (TPSA) is 75.6 Å². The van der Waals surface area contributed by atoms with Gasteiger partial charge in [0.15, 0.2) is 5.75 Å². The fourth-order valence-electron chi connectivity index (χ4n) is 2.17. The molecule has 1 aromatic rings. The van der Waals surface area contributed by atoms with Gasteiger partial charge in [-0.05, 0) is 25.0 Å². The van der Waals surface area contributed by atoms with E-state index in [0.717, 1.165) is 0 Å². The molecule has 1 aliphatic rings. The summed E-state index contributed by atoms with van der Waals surface area (Å²) in [7, 11) is 1.44. The van der Waals surface area contributed by atoms with E-state index in [1.165, 1.54) is 19.2 Å². The number of benzene rings is 1. The third-order valence-electron chi connectivity index (χ3n) is 3.40. The molecule has 2 unspecified atom stereocenters. The number of carbonyl (C=O) groups excluding carboxylic acids is 1. The molecule has 108 valence electrons. The van der Waals surface area contributed by atoms with Crippen molar-refractivity contribution in [2.24, 2.45) is 11.8 Å². The molecule has 0 bridgehead atoms. The number of halogens is 2. The van der Waals surface area contributed by atoms with Gasteiger partial charge in [0.1, 0.15) is 0 Å². The fraction of sp³-hybridized carbons (Fsp3) is 0.385. The number of carbonyl (C=O) groups is 2. The van der Waals surface area contributed by atoms with Gasteiger partial charge in [0.2, 0.25) is 5.91 Å². The molecule has 0 heterocycles. The van der Waals surface area contributed by atoms with Crippen LogP contribution in [0.25, 0.3) is 0 Å². The number of amides is 1. The minimum atomic E-state index is -0.942. The van der Waals surface area contributed by atoms with Gasteiger partial charge in [-0.25, -0.2) is 0 Å². The molecule has 1 fully saturated rings. The van der Waals surface area contributed by atoms with Crippen molar-refractivity contribution in [3.05, 3.63) is 22.2 Å². The Morgan fingerprint density at radius 1 is 1.25 bits per heavy atom. The van der Waals surface area contributed by atoms with Gasteiger partial charge in [0.25, 0.3) is 0 Å². The first-order valence-corrected chi connectivity index (χ1v) is 6.76. The summed E-state index contributed by atoms with van der Waals surface area (Å²) < 4.78 is 5.01. The van der Waals surface area contributed by atoms with E-state index in [9.17, 15) is 9.59 Å². The molecule has 0 radical (unpaired) electrons. The molecule has 2 N–H and O–H groups in total. The van der Waals surface area contributed by atoms with Crippen LogP contribution in [0.5, 0.6) is 5.75 Å². The summed E-state index contributed by atoms with van der Waals surface area (Å²) in [4.78, 5) is 22.9. The molecule has 20 heavy (non-hydrogen) atoms. The standard InChI is InChI=1S/C13H13Cl2NO4/c1-20-11-9(14)4-6(5-10(11)15)16-12(17)7-2-3-8(7)13(18)19/h4-5,7-8H,2-3H2,1H3,(H,16,17)(H,18,19). The van der Waals surface area contributed by atoms with Crippen molar-refractivity contribution in [1.29, 1.82) is 0 Å². The Bertz CT molecular complexity index is 538. The lowest BCUT2D eigenvalue weighted by Gasteiger charge is -2.31. The summed E-state index contributed by atoms with van der Waals surface area (Å²) >= 11 is 11.9. The van der Waals surface area contributed by atoms with Crippen molar-refractivity contribution < 1.29 is 19.4 Å². The highest BCUT2D eigenvalue weighted by atomic mass is 35.5. The Balaban J connectivity index is 2.11. The Morgan fingerprint density at radius 3 is 2.20 bits per heavy atom. The molecular formula is C13H13Cl2NO4. The van der Waals surface area contributed by atoms with Gasteiger partial charge >= 0.3 is 5.97 Å². The summed E-state index contributed by atoms with van der Waals surface area (Å²) in [5.41, 5.74) is 0.418. The predicted octanol–water partition coefficient (Wildman–Crippen LogP) is 3.05. The van der Waals surface area contributed by atoms with E-state index in [4.69, 9.17) is 33.0 Å². The quantitative estimate of drug-likeness (QED) is 0.894. The largest absolute Gasteiger partial charge is 0.494 e. The maximum atomic E-state index is 12.0. The SMILES string of the molecule is COc1c(Cl)cc(NC(=O)C2CCC2C(=O)O)cc1Cl. The van der Waals surface area contributed by atoms with E-state index in [2.05, 4.69) is 5.32 Å². The van der Waals surface area contributed by atoms with Crippen molar-refractivity contribution in [2.75, 3.05) is 12.4 Å². The number of anilines is 1. The predicted molar refractivity (Wildman–Crippen MR) is 75.5 cm³/mol. The maximum absolute atomic E-state index is 12.0. The summed E-state index contributed by atoms with van der Waals surface area (Å²) in [5.74, 6) is -2.06. The van der Waals surface area contributed by atoms with E-state index < -0.39 is 17.8 Å². The molecule has 0 aromatic heterocycles. The summed E-state index contributed by atoms with van der Waals surface area (Å²) in [6.45, 7) is 0. The van der Waals surface area contributed by atoms with Crippen LogP contribution in [-0.4, -0.2) is 24.1 Å². The lowest BCUT2D eigenvalue weighted by Crippen LogP contribution is -2.41. The van der Waals surface area contributed by atoms with Crippen LogP contribution >= 0.6 is 23.2 Å². The summed E-state index contributed by atoms with van der Waals surface area (Å²) in [5, 5.41) is 12.1. The van der Waals surface area contributed by atoms with Crippen molar-refractivity contribution in [3.63, 3.8) is 0 Å². The van der Waals surface area contributed by atoms with Gasteiger partial charge in [-0.3, -0.25) is 9.59 Å². The fourth-order valence-corrected chi connectivity index (χ4v) is 2.81. The van der Waals surface area contributed by atoms with E-state index in [1.54, 1.807) is 0 Å². The van der Waals surface area contributed by atoms with Crippen LogP contribution in [0.3, 0.4) is 0 Å². The third kappa shape index (κ3) is 2.83. The van der Waals surface area contributed by atoms with Crippen molar-refractivity contribution in [1.82, 2.24) is 0 Å². The molecule has 2 rings (SSSR count). The summed E-state index contributed by atoms with van der Waals surface area (Å²) in [6, 6.07) is 3.03. The number of aliphatic carboxylic acids is 1. The second kappa shape index (κ2) is 5.89. The van der Waals surface area contributed by atoms with Crippen LogP contribution in [0, 0.1) is 11.8 Å². The first-order chi connectivity index (χ1) is 9.43. The summed E-state index contributed by atoms with van der Waals surface area (Å²) in [6.07, 6.45) is 1.10. The van der Waals surface area contributed by atoms with Crippen LogP contribution in [0.1, 0.15) is 12.8 Å². The molecule has 5 nitrogen and oxygen atoms in total. The molecule has 1 aromatic carbocycles. The molecule has 2 atom stereocenters. The molecule has 1 saturated carbocycles. The van der Waals surface area contributed by atoms with E-state index in [1.807, 2.05) is 0 Å².